The van der Waals surface area contributed by atoms with Gasteiger partial charge < -0.3 is 10.5 Å². The van der Waals surface area contributed by atoms with E-state index in [-0.39, 0.29) is 23.5 Å². The number of nitrogens with two attached hydrogens (primary N) is 1. The molecule has 1 spiro atoms. The summed E-state index contributed by atoms with van der Waals surface area (Å²) in [7, 11) is 1.73. The van der Waals surface area contributed by atoms with Crippen LogP contribution in [-0.4, -0.2) is 36.0 Å². The summed E-state index contributed by atoms with van der Waals surface area (Å²) < 4.78 is 6.57. The lowest BCUT2D eigenvalue weighted by molar-refractivity contribution is -0.137. The average molecular weight is 504 g/mol. The van der Waals surface area contributed by atoms with Crippen LogP contribution >= 0.6 is 27.3 Å². The number of thiophene rings is 1. The molecule has 0 saturated carbocycles. The van der Waals surface area contributed by atoms with Gasteiger partial charge in [0.1, 0.15) is 0 Å². The topological polar surface area (TPSA) is 67.9 Å². The zero-order valence-corrected chi connectivity index (χ0v) is 21.1. The predicted molar refractivity (Wildman–Crippen MR) is 130 cm³/mol. The number of carbonyl (C=O) groups excluding carboxylic acids is 1. The van der Waals surface area contributed by atoms with Crippen LogP contribution in [0.1, 0.15) is 51.7 Å². The first kappa shape index (κ1) is 22.5. The summed E-state index contributed by atoms with van der Waals surface area (Å²) in [6, 6.07) is 8.56. The quantitative estimate of drug-likeness (QED) is 0.580. The van der Waals surface area contributed by atoms with Crippen LogP contribution in [0.2, 0.25) is 0 Å². The van der Waals surface area contributed by atoms with Crippen molar-refractivity contribution in [2.75, 3.05) is 7.11 Å². The molecule has 3 atom stereocenters. The van der Waals surface area contributed by atoms with Crippen molar-refractivity contribution >= 4 is 39.1 Å². The Bertz CT molecular complexity index is 1050. The highest BCUT2D eigenvalue weighted by Crippen LogP contribution is 2.58. The van der Waals surface area contributed by atoms with E-state index in [1.807, 2.05) is 13.8 Å². The number of aliphatic imine (C=N–C) groups is 1. The van der Waals surface area contributed by atoms with E-state index in [0.29, 0.717) is 5.96 Å². The fraction of sp³-hybridized carbons (Fsp3) is 0.500. The van der Waals surface area contributed by atoms with Gasteiger partial charge in [0.25, 0.3) is 5.91 Å². The van der Waals surface area contributed by atoms with E-state index in [1.54, 1.807) is 23.3 Å². The van der Waals surface area contributed by atoms with Gasteiger partial charge in [0, 0.05) is 33.3 Å². The number of guanidine groups is 1. The van der Waals surface area contributed by atoms with E-state index in [0.717, 1.165) is 39.7 Å². The summed E-state index contributed by atoms with van der Waals surface area (Å²) in [6.07, 6.45) is 2.60. The van der Waals surface area contributed by atoms with Gasteiger partial charge in [0.15, 0.2) is 11.5 Å². The molecule has 0 radical (unpaired) electrons. The Kier molecular flexibility index (Phi) is 5.82. The number of benzene rings is 1. The Morgan fingerprint density at radius 3 is 2.65 bits per heavy atom. The average Bonchev–Trinajstić information content (AvgIpc) is 3.34. The van der Waals surface area contributed by atoms with Crippen LogP contribution in [0.4, 0.5) is 0 Å². The van der Waals surface area contributed by atoms with E-state index >= 15 is 0 Å². The van der Waals surface area contributed by atoms with Crippen molar-refractivity contribution in [3.05, 3.63) is 45.2 Å². The number of amides is 1. The van der Waals surface area contributed by atoms with E-state index in [1.165, 1.54) is 5.56 Å². The van der Waals surface area contributed by atoms with E-state index < -0.39 is 5.54 Å². The standard InChI is InChI=1S/C24H30BrN3O2S/c1-14(2)28-21(29)24(27-22(28)26)19-10-16(20-11-18(25)13-31-20)6-7-17(19)12-23(24,4)9-8-15(3)30-5/h6-7,10-11,13-15H,8-9,12H2,1-5H3,(H2,26,27). The van der Waals surface area contributed by atoms with Crippen molar-refractivity contribution in [1.82, 2.24) is 4.90 Å². The lowest BCUT2D eigenvalue weighted by Crippen LogP contribution is -2.51. The summed E-state index contributed by atoms with van der Waals surface area (Å²) in [5.41, 5.74) is 8.29. The van der Waals surface area contributed by atoms with Crippen LogP contribution in [0.15, 0.2) is 39.1 Å². The maximum absolute atomic E-state index is 14.0. The van der Waals surface area contributed by atoms with Gasteiger partial charge in [-0.2, -0.15) is 0 Å². The summed E-state index contributed by atoms with van der Waals surface area (Å²) in [5.74, 6) is 0.318. The van der Waals surface area contributed by atoms with Crippen molar-refractivity contribution in [2.24, 2.45) is 16.1 Å². The van der Waals surface area contributed by atoms with E-state index in [2.05, 4.69) is 59.4 Å². The normalized spacial score (nSPS) is 26.1. The van der Waals surface area contributed by atoms with Crippen molar-refractivity contribution < 1.29 is 9.53 Å². The van der Waals surface area contributed by atoms with Gasteiger partial charge in [0.05, 0.1) is 6.10 Å². The largest absolute Gasteiger partial charge is 0.382 e. The monoisotopic (exact) mass is 503 g/mol. The number of fused-ring (bicyclic) bond motifs is 2. The first-order chi connectivity index (χ1) is 14.6. The first-order valence-corrected chi connectivity index (χ1v) is 12.4. The summed E-state index contributed by atoms with van der Waals surface area (Å²) >= 11 is 5.23. The second kappa shape index (κ2) is 8.01. The summed E-state index contributed by atoms with van der Waals surface area (Å²) in [6.45, 7) is 8.23. The third kappa shape index (κ3) is 3.45. The van der Waals surface area contributed by atoms with Crippen LogP contribution in [0.25, 0.3) is 10.4 Å². The second-order valence-electron chi connectivity index (χ2n) is 9.27. The number of carbonyl (C=O) groups is 1. The van der Waals surface area contributed by atoms with Crippen LogP contribution in [0.3, 0.4) is 0 Å². The van der Waals surface area contributed by atoms with Gasteiger partial charge in [-0.15, -0.1) is 11.3 Å². The van der Waals surface area contributed by atoms with Crippen molar-refractivity contribution in [3.63, 3.8) is 0 Å². The Balaban J connectivity index is 1.87. The van der Waals surface area contributed by atoms with Crippen LogP contribution in [0, 0.1) is 5.41 Å². The molecule has 2 aliphatic rings. The maximum atomic E-state index is 14.0. The highest BCUT2D eigenvalue weighted by Gasteiger charge is 2.64. The third-order valence-electron chi connectivity index (χ3n) is 6.88. The number of hydrogen-bond donors (Lipinski definition) is 1. The molecule has 1 aliphatic carbocycles. The van der Waals surface area contributed by atoms with Gasteiger partial charge in [-0.3, -0.25) is 9.69 Å². The zero-order valence-electron chi connectivity index (χ0n) is 18.7. The van der Waals surface area contributed by atoms with Crippen molar-refractivity contribution in [1.29, 1.82) is 0 Å². The summed E-state index contributed by atoms with van der Waals surface area (Å²) in [4.78, 5) is 21.8. The molecule has 0 fully saturated rings. The van der Waals surface area contributed by atoms with Crippen LogP contribution < -0.4 is 5.73 Å². The molecule has 2 aromatic rings. The minimum atomic E-state index is -0.991. The molecule has 5 nitrogen and oxygen atoms in total. The third-order valence-corrected chi connectivity index (χ3v) is 8.62. The SMILES string of the molecule is COC(C)CCC1(C)Cc2ccc(-c3cc(Br)cs3)cc2C12N=C(N)N(C(C)C)C2=O. The Morgan fingerprint density at radius 2 is 2.06 bits per heavy atom. The number of rotatable bonds is 6. The second-order valence-corrected chi connectivity index (χ2v) is 11.1. The number of methoxy groups -OCH3 is 1. The molecule has 31 heavy (non-hydrogen) atoms. The number of ether oxygens (including phenoxy) is 1. The molecule has 7 heteroatoms. The molecular weight excluding hydrogens is 474 g/mol. The van der Waals surface area contributed by atoms with Gasteiger partial charge in [-0.05, 0) is 84.8 Å². The molecular formula is C24H30BrN3O2S. The van der Waals surface area contributed by atoms with Gasteiger partial charge >= 0.3 is 0 Å². The Labute approximate surface area is 196 Å². The molecule has 2 heterocycles. The molecule has 0 saturated heterocycles. The van der Waals surface area contributed by atoms with Gasteiger partial charge in [-0.1, -0.05) is 19.1 Å². The molecule has 166 valence electrons. The predicted octanol–water partition coefficient (Wildman–Crippen LogP) is 5.32. The minimum Gasteiger partial charge on any atom is -0.382 e. The lowest BCUT2D eigenvalue weighted by Gasteiger charge is -2.39. The highest BCUT2D eigenvalue weighted by molar-refractivity contribution is 9.10. The lowest BCUT2D eigenvalue weighted by atomic mass is 9.68. The number of nitrogens with zero attached hydrogens (tertiary/aromatic N) is 2. The molecule has 1 aromatic heterocycles. The number of hydrogen-bond acceptors (Lipinski definition) is 5. The molecule has 1 aliphatic heterocycles. The molecule has 3 unspecified atom stereocenters. The first-order valence-electron chi connectivity index (χ1n) is 10.7. The molecule has 1 aromatic carbocycles. The van der Waals surface area contributed by atoms with Crippen LogP contribution in [0.5, 0.6) is 0 Å². The Hall–Kier alpha value is -1.70. The van der Waals surface area contributed by atoms with Crippen molar-refractivity contribution in [3.8, 4) is 10.4 Å². The minimum absolute atomic E-state index is 0.00386. The molecule has 0 bridgehead atoms. The summed E-state index contributed by atoms with van der Waals surface area (Å²) in [5, 5.41) is 2.08. The smallest absolute Gasteiger partial charge is 0.262 e. The molecule has 4 rings (SSSR count). The maximum Gasteiger partial charge on any atom is 0.262 e. The molecule has 2 N–H and O–H groups in total. The molecule has 1 amide bonds. The zero-order chi connectivity index (χ0) is 22.6. The number of halogens is 1. The highest BCUT2D eigenvalue weighted by atomic mass is 79.9. The van der Waals surface area contributed by atoms with Crippen molar-refractivity contribution in [2.45, 2.75) is 64.6 Å². The van der Waals surface area contributed by atoms with E-state index in [9.17, 15) is 4.79 Å². The Morgan fingerprint density at radius 1 is 1.32 bits per heavy atom. The van der Waals surface area contributed by atoms with E-state index in [4.69, 9.17) is 15.5 Å². The van der Waals surface area contributed by atoms with Crippen LogP contribution in [-0.2, 0) is 21.5 Å². The fourth-order valence-electron chi connectivity index (χ4n) is 5.09. The van der Waals surface area contributed by atoms with Gasteiger partial charge in [0.2, 0.25) is 0 Å². The fourth-order valence-corrected chi connectivity index (χ4v) is 6.51. The van der Waals surface area contributed by atoms with Gasteiger partial charge in [-0.25, -0.2) is 4.99 Å².